The zero-order chi connectivity index (χ0) is 12.0. The molecule has 15 heavy (non-hydrogen) atoms. The van der Waals surface area contributed by atoms with Crippen molar-refractivity contribution < 1.29 is 23.1 Å². The van der Waals surface area contributed by atoms with Crippen LogP contribution < -0.4 is 0 Å². The SMILES string of the molecule is CC1(C)C(C=C(F)C(F)(F)Cl)C1C(=O)O. The molecule has 0 aromatic heterocycles. The van der Waals surface area contributed by atoms with Gasteiger partial charge in [0.15, 0.2) is 5.83 Å². The Hall–Kier alpha value is -0.710. The molecule has 1 N–H and O–H groups in total. The highest BCUT2D eigenvalue weighted by molar-refractivity contribution is 6.23. The number of carboxylic acid groups (broad SMARTS) is 1. The van der Waals surface area contributed by atoms with E-state index in [1.54, 1.807) is 13.8 Å². The second-order valence-corrected chi connectivity index (χ2v) is 4.65. The van der Waals surface area contributed by atoms with E-state index in [1.165, 1.54) is 0 Å². The van der Waals surface area contributed by atoms with Crippen LogP contribution in [0.1, 0.15) is 13.8 Å². The summed E-state index contributed by atoms with van der Waals surface area (Å²) in [6.07, 6.45) is 0.603. The lowest BCUT2D eigenvalue weighted by Gasteiger charge is -2.04. The molecular weight excluding hydrogens is 233 g/mol. The molecule has 0 aromatic carbocycles. The maximum absolute atomic E-state index is 12.8. The van der Waals surface area contributed by atoms with Crippen molar-refractivity contribution in [2.45, 2.75) is 19.2 Å². The Bertz CT molecular complexity index is 320. The van der Waals surface area contributed by atoms with E-state index in [0.29, 0.717) is 6.08 Å². The van der Waals surface area contributed by atoms with Gasteiger partial charge in [0.2, 0.25) is 0 Å². The van der Waals surface area contributed by atoms with Crippen LogP contribution in [0.4, 0.5) is 13.2 Å². The summed E-state index contributed by atoms with van der Waals surface area (Å²) in [4.78, 5) is 10.6. The molecule has 2 unspecified atom stereocenters. The van der Waals surface area contributed by atoms with Crippen molar-refractivity contribution in [1.29, 1.82) is 0 Å². The van der Waals surface area contributed by atoms with Gasteiger partial charge >= 0.3 is 11.4 Å². The first-order chi connectivity index (χ1) is 6.58. The molecule has 1 aliphatic rings. The van der Waals surface area contributed by atoms with Crippen molar-refractivity contribution in [1.82, 2.24) is 0 Å². The number of rotatable bonds is 3. The Morgan fingerprint density at radius 1 is 1.53 bits per heavy atom. The first-order valence-corrected chi connectivity index (χ1v) is 4.63. The smallest absolute Gasteiger partial charge is 0.373 e. The summed E-state index contributed by atoms with van der Waals surface area (Å²) in [5.41, 5.74) is -0.703. The third-order valence-electron chi connectivity index (χ3n) is 2.77. The summed E-state index contributed by atoms with van der Waals surface area (Å²) < 4.78 is 37.3. The molecule has 6 heteroatoms. The van der Waals surface area contributed by atoms with E-state index in [0.717, 1.165) is 0 Å². The van der Waals surface area contributed by atoms with Gasteiger partial charge in [-0.25, -0.2) is 4.39 Å². The zero-order valence-corrected chi connectivity index (χ0v) is 8.86. The van der Waals surface area contributed by atoms with E-state index in [-0.39, 0.29) is 0 Å². The highest BCUT2D eigenvalue weighted by Crippen LogP contribution is 2.59. The predicted octanol–water partition coefficient (Wildman–Crippen LogP) is 3.03. The largest absolute Gasteiger partial charge is 0.481 e. The molecule has 0 bridgehead atoms. The van der Waals surface area contributed by atoms with Gasteiger partial charge in [0.25, 0.3) is 0 Å². The van der Waals surface area contributed by atoms with Crippen molar-refractivity contribution in [3.63, 3.8) is 0 Å². The fourth-order valence-corrected chi connectivity index (χ4v) is 1.78. The minimum atomic E-state index is -4.05. The van der Waals surface area contributed by atoms with Crippen molar-refractivity contribution in [2.24, 2.45) is 17.3 Å². The first kappa shape index (κ1) is 12.4. The third kappa shape index (κ3) is 2.27. The van der Waals surface area contributed by atoms with Gasteiger partial charge < -0.3 is 5.11 Å². The second-order valence-electron chi connectivity index (χ2n) is 4.18. The quantitative estimate of drug-likeness (QED) is 0.773. The summed E-state index contributed by atoms with van der Waals surface area (Å²) in [5, 5.41) is 4.65. The second kappa shape index (κ2) is 3.40. The summed E-state index contributed by atoms with van der Waals surface area (Å²) in [6.45, 7) is 3.15. The molecule has 86 valence electrons. The van der Waals surface area contributed by atoms with Crippen LogP contribution in [0.15, 0.2) is 11.9 Å². The minimum Gasteiger partial charge on any atom is -0.481 e. The number of allylic oxidation sites excluding steroid dienone is 2. The van der Waals surface area contributed by atoms with Crippen LogP contribution in [0.2, 0.25) is 0 Å². The van der Waals surface area contributed by atoms with Gasteiger partial charge in [-0.05, 0) is 29.0 Å². The highest BCUT2D eigenvalue weighted by atomic mass is 35.5. The third-order valence-corrected chi connectivity index (χ3v) is 2.95. The molecule has 1 fully saturated rings. The van der Waals surface area contributed by atoms with Gasteiger partial charge in [0.1, 0.15) is 0 Å². The van der Waals surface area contributed by atoms with E-state index < -0.39 is 34.4 Å². The molecule has 1 saturated carbocycles. The van der Waals surface area contributed by atoms with Gasteiger partial charge in [-0.15, -0.1) is 0 Å². The zero-order valence-electron chi connectivity index (χ0n) is 8.10. The molecule has 0 aromatic rings. The fourth-order valence-electron chi connectivity index (χ4n) is 1.71. The maximum Gasteiger partial charge on any atom is 0.373 e. The summed E-state index contributed by atoms with van der Waals surface area (Å²) in [5.74, 6) is -4.47. The van der Waals surface area contributed by atoms with Crippen LogP contribution in [0.25, 0.3) is 0 Å². The Kier molecular flexibility index (Phi) is 2.80. The molecule has 1 rings (SSSR count). The molecule has 0 aliphatic heterocycles. The van der Waals surface area contributed by atoms with Gasteiger partial charge in [0.05, 0.1) is 5.92 Å². The summed E-state index contributed by atoms with van der Waals surface area (Å²) >= 11 is 4.45. The maximum atomic E-state index is 12.8. The van der Waals surface area contributed by atoms with Crippen LogP contribution in [0, 0.1) is 17.3 Å². The molecule has 0 saturated heterocycles. The fraction of sp³-hybridized carbons (Fsp3) is 0.667. The van der Waals surface area contributed by atoms with Gasteiger partial charge in [0, 0.05) is 0 Å². The first-order valence-electron chi connectivity index (χ1n) is 4.26. The number of hydrogen-bond donors (Lipinski definition) is 1. The van der Waals surface area contributed by atoms with E-state index in [1.807, 2.05) is 0 Å². The average Bonchev–Trinajstić information content (AvgIpc) is 2.50. The number of carboxylic acids is 1. The number of carbonyl (C=O) groups is 1. The van der Waals surface area contributed by atoms with Crippen LogP contribution in [0.5, 0.6) is 0 Å². The lowest BCUT2D eigenvalue weighted by Crippen LogP contribution is -2.07. The Morgan fingerprint density at radius 2 is 2.00 bits per heavy atom. The molecule has 1 aliphatic carbocycles. The molecular formula is C9H10ClF3O2. The van der Waals surface area contributed by atoms with E-state index in [2.05, 4.69) is 11.6 Å². The van der Waals surface area contributed by atoms with Gasteiger partial charge in [-0.3, -0.25) is 4.79 Å². The standard InChI is InChI=1S/C9H10ClF3O2/c1-8(2)4(6(8)7(14)15)3-5(11)9(10,12)13/h3-4,6H,1-2H3,(H,14,15). The Labute approximate surface area is 89.7 Å². The molecule has 0 radical (unpaired) electrons. The van der Waals surface area contributed by atoms with Crippen molar-refractivity contribution in [2.75, 3.05) is 0 Å². The minimum absolute atomic E-state index is 0.603. The van der Waals surface area contributed by atoms with Gasteiger partial charge in [-0.2, -0.15) is 8.78 Å². The van der Waals surface area contributed by atoms with E-state index in [4.69, 9.17) is 5.11 Å². The van der Waals surface area contributed by atoms with Crippen molar-refractivity contribution in [3.8, 4) is 0 Å². The summed E-state index contributed by atoms with van der Waals surface area (Å²) in [6, 6.07) is 0. The van der Waals surface area contributed by atoms with Crippen LogP contribution in [0.3, 0.4) is 0 Å². The Morgan fingerprint density at radius 3 is 2.27 bits per heavy atom. The van der Waals surface area contributed by atoms with Crippen LogP contribution in [-0.2, 0) is 4.79 Å². The topological polar surface area (TPSA) is 37.3 Å². The van der Waals surface area contributed by atoms with Gasteiger partial charge in [-0.1, -0.05) is 13.8 Å². The number of aliphatic carboxylic acids is 1. The van der Waals surface area contributed by atoms with E-state index in [9.17, 15) is 18.0 Å². The summed E-state index contributed by atoms with van der Waals surface area (Å²) in [7, 11) is 0. The Balaban J connectivity index is 2.83. The lowest BCUT2D eigenvalue weighted by atomic mass is 10.1. The monoisotopic (exact) mass is 242 g/mol. The molecule has 0 heterocycles. The van der Waals surface area contributed by atoms with E-state index >= 15 is 0 Å². The van der Waals surface area contributed by atoms with Crippen molar-refractivity contribution >= 4 is 17.6 Å². The normalized spacial score (nSPS) is 30.1. The number of halogens is 4. The number of alkyl halides is 3. The molecule has 2 atom stereocenters. The predicted molar refractivity (Wildman–Crippen MR) is 48.4 cm³/mol. The van der Waals surface area contributed by atoms with Crippen molar-refractivity contribution in [3.05, 3.63) is 11.9 Å². The van der Waals surface area contributed by atoms with Crippen LogP contribution in [-0.4, -0.2) is 16.5 Å². The molecule has 2 nitrogen and oxygen atoms in total. The average molecular weight is 243 g/mol. The molecule has 0 amide bonds. The highest BCUT2D eigenvalue weighted by Gasteiger charge is 2.61. The van der Waals surface area contributed by atoms with Crippen LogP contribution >= 0.6 is 11.6 Å². The molecule has 0 spiro atoms. The lowest BCUT2D eigenvalue weighted by molar-refractivity contribution is -0.139. The number of hydrogen-bond acceptors (Lipinski definition) is 1.